The van der Waals surface area contributed by atoms with Gasteiger partial charge in [-0.25, -0.2) is 4.98 Å². The Bertz CT molecular complexity index is 968. The minimum atomic E-state index is 0.0238. The summed E-state index contributed by atoms with van der Waals surface area (Å²) in [7, 11) is 1.60. The number of pyridine rings is 1. The molecule has 0 spiro atoms. The third-order valence-corrected chi connectivity index (χ3v) is 5.22. The number of methoxy groups -OCH3 is 1. The van der Waals surface area contributed by atoms with Crippen molar-refractivity contribution in [2.75, 3.05) is 19.0 Å². The number of hydrogen-bond acceptors (Lipinski definition) is 5. The van der Waals surface area contributed by atoms with Crippen LogP contribution in [0.4, 0.5) is 5.69 Å². The van der Waals surface area contributed by atoms with Gasteiger partial charge in [-0.1, -0.05) is 6.07 Å². The molecule has 29 heavy (non-hydrogen) atoms. The summed E-state index contributed by atoms with van der Waals surface area (Å²) in [5.74, 6) is 1.26. The second kappa shape index (κ2) is 8.53. The highest BCUT2D eigenvalue weighted by molar-refractivity contribution is 5.93. The van der Waals surface area contributed by atoms with Crippen molar-refractivity contribution in [3.05, 3.63) is 54.5 Å². The highest BCUT2D eigenvalue weighted by Gasteiger charge is 2.25. The largest absolute Gasteiger partial charge is 0.493 e. The molecule has 7 heteroatoms. The van der Waals surface area contributed by atoms with E-state index in [-0.39, 0.29) is 11.8 Å². The molecule has 1 fully saturated rings. The number of hydrogen-bond donors (Lipinski definition) is 2. The van der Waals surface area contributed by atoms with Crippen LogP contribution in [0.15, 0.2) is 48.8 Å². The lowest BCUT2D eigenvalue weighted by atomic mass is 9.92. The third-order valence-electron chi connectivity index (χ3n) is 5.22. The Kier molecular flexibility index (Phi) is 5.67. The first-order valence-corrected chi connectivity index (χ1v) is 9.90. The first-order chi connectivity index (χ1) is 14.1. The molecule has 0 bridgehead atoms. The van der Waals surface area contributed by atoms with Crippen LogP contribution in [0.1, 0.15) is 25.5 Å². The number of ether oxygens (including phenoxy) is 2. The molecule has 3 aromatic rings. The van der Waals surface area contributed by atoms with E-state index in [0.717, 1.165) is 30.7 Å². The maximum absolute atomic E-state index is 12.6. The highest BCUT2D eigenvalue weighted by atomic mass is 16.5. The Hall–Kier alpha value is -3.06. The molecule has 2 atom stereocenters. The Morgan fingerprint density at radius 3 is 3.00 bits per heavy atom. The predicted octanol–water partition coefficient (Wildman–Crippen LogP) is 3.25. The van der Waals surface area contributed by atoms with Gasteiger partial charge in [-0.2, -0.15) is 0 Å². The molecule has 2 aromatic heterocycles. The molecule has 0 aliphatic carbocycles. The van der Waals surface area contributed by atoms with Crippen molar-refractivity contribution in [2.45, 2.75) is 32.4 Å². The second-order valence-corrected chi connectivity index (χ2v) is 7.42. The molecule has 0 saturated carbocycles. The summed E-state index contributed by atoms with van der Waals surface area (Å²) in [5, 5.41) is 6.39. The van der Waals surface area contributed by atoms with Gasteiger partial charge in [0.15, 0.2) is 11.5 Å². The fourth-order valence-corrected chi connectivity index (χ4v) is 3.69. The van der Waals surface area contributed by atoms with E-state index in [2.05, 4.69) is 22.5 Å². The lowest BCUT2D eigenvalue weighted by molar-refractivity contribution is -0.120. The standard InChI is InChI=1S/C22H26N4O3/c1-15-11-16(8-9-23-15)22(27)25-17-6-7-19(28-2)20(12-17)29-14-18-13-26-10-4-3-5-21(26)24-18/h3-7,10,12-13,15-16,23H,8-9,11,14H2,1-2H3,(H,25,27)/t15-,16-/m0/s1. The third kappa shape index (κ3) is 4.51. The Labute approximate surface area is 170 Å². The van der Waals surface area contributed by atoms with Crippen LogP contribution >= 0.6 is 0 Å². The van der Waals surface area contributed by atoms with Crippen LogP contribution in [0.3, 0.4) is 0 Å². The maximum atomic E-state index is 12.6. The van der Waals surface area contributed by atoms with Gasteiger partial charge in [0.25, 0.3) is 0 Å². The average Bonchev–Trinajstić information content (AvgIpc) is 3.15. The molecule has 0 radical (unpaired) electrons. The van der Waals surface area contributed by atoms with Crippen molar-refractivity contribution < 1.29 is 14.3 Å². The van der Waals surface area contributed by atoms with Crippen LogP contribution < -0.4 is 20.1 Å². The smallest absolute Gasteiger partial charge is 0.227 e. The lowest BCUT2D eigenvalue weighted by Gasteiger charge is -2.27. The summed E-state index contributed by atoms with van der Waals surface area (Å²) in [4.78, 5) is 17.2. The van der Waals surface area contributed by atoms with Crippen molar-refractivity contribution in [1.82, 2.24) is 14.7 Å². The van der Waals surface area contributed by atoms with Crippen LogP contribution in [0, 0.1) is 5.92 Å². The first-order valence-electron chi connectivity index (χ1n) is 9.90. The van der Waals surface area contributed by atoms with Crippen molar-refractivity contribution in [1.29, 1.82) is 0 Å². The van der Waals surface area contributed by atoms with Gasteiger partial charge in [0.05, 0.1) is 12.8 Å². The molecule has 1 saturated heterocycles. The molecule has 1 aromatic carbocycles. The van der Waals surface area contributed by atoms with Crippen molar-refractivity contribution in [2.24, 2.45) is 5.92 Å². The van der Waals surface area contributed by atoms with Crippen LogP contribution in [-0.2, 0) is 11.4 Å². The van der Waals surface area contributed by atoms with E-state index >= 15 is 0 Å². The normalized spacial score (nSPS) is 19.1. The van der Waals surface area contributed by atoms with Crippen LogP contribution in [-0.4, -0.2) is 35.0 Å². The van der Waals surface area contributed by atoms with Gasteiger partial charge in [0, 0.05) is 36.1 Å². The van der Waals surface area contributed by atoms with Crippen LogP contribution in [0.2, 0.25) is 0 Å². The summed E-state index contributed by atoms with van der Waals surface area (Å²) in [5.41, 5.74) is 2.39. The molecule has 3 heterocycles. The molecular formula is C22H26N4O3. The Morgan fingerprint density at radius 2 is 2.21 bits per heavy atom. The molecule has 4 rings (SSSR count). The number of benzene rings is 1. The minimum absolute atomic E-state index is 0.0238. The number of carbonyl (C=O) groups excluding carboxylic acids is 1. The summed E-state index contributed by atoms with van der Waals surface area (Å²) in [6, 6.07) is 11.7. The first kappa shape index (κ1) is 19.3. The number of anilines is 1. The Morgan fingerprint density at radius 1 is 1.31 bits per heavy atom. The molecule has 1 aliphatic heterocycles. The van der Waals surface area contributed by atoms with E-state index in [1.54, 1.807) is 19.2 Å². The van der Waals surface area contributed by atoms with E-state index in [1.165, 1.54) is 0 Å². The maximum Gasteiger partial charge on any atom is 0.227 e. The summed E-state index contributed by atoms with van der Waals surface area (Å²) < 4.78 is 13.3. The van der Waals surface area contributed by atoms with Gasteiger partial charge < -0.3 is 24.5 Å². The fraction of sp³-hybridized carbons (Fsp3) is 0.364. The number of fused-ring (bicyclic) bond motifs is 1. The predicted molar refractivity (Wildman–Crippen MR) is 111 cm³/mol. The van der Waals surface area contributed by atoms with Gasteiger partial charge in [-0.05, 0) is 50.6 Å². The summed E-state index contributed by atoms with van der Waals surface area (Å²) in [6.07, 6.45) is 5.58. The van der Waals surface area contributed by atoms with E-state index in [4.69, 9.17) is 9.47 Å². The summed E-state index contributed by atoms with van der Waals surface area (Å²) in [6.45, 7) is 3.29. The second-order valence-electron chi connectivity index (χ2n) is 7.42. The zero-order valence-corrected chi connectivity index (χ0v) is 16.7. The van der Waals surface area contributed by atoms with Gasteiger partial charge in [-0.3, -0.25) is 4.79 Å². The number of amides is 1. The molecule has 1 aliphatic rings. The van der Waals surface area contributed by atoms with Crippen molar-refractivity contribution in [3.8, 4) is 11.5 Å². The fourth-order valence-electron chi connectivity index (χ4n) is 3.69. The monoisotopic (exact) mass is 394 g/mol. The molecule has 1 amide bonds. The van der Waals surface area contributed by atoms with Gasteiger partial charge in [0.2, 0.25) is 5.91 Å². The number of rotatable bonds is 6. The van der Waals surface area contributed by atoms with Crippen LogP contribution in [0.25, 0.3) is 5.65 Å². The zero-order chi connectivity index (χ0) is 20.2. The highest BCUT2D eigenvalue weighted by Crippen LogP contribution is 2.31. The molecule has 0 unspecified atom stereocenters. The van der Waals surface area contributed by atoms with Crippen molar-refractivity contribution >= 4 is 17.2 Å². The van der Waals surface area contributed by atoms with E-state index in [0.29, 0.717) is 29.8 Å². The quantitative estimate of drug-likeness (QED) is 0.671. The number of aromatic nitrogens is 2. The number of imidazole rings is 1. The van der Waals surface area contributed by atoms with E-state index in [1.807, 2.05) is 41.1 Å². The van der Waals surface area contributed by atoms with Crippen molar-refractivity contribution in [3.63, 3.8) is 0 Å². The van der Waals surface area contributed by atoms with Gasteiger partial charge in [0.1, 0.15) is 12.3 Å². The average molecular weight is 394 g/mol. The number of nitrogens with zero attached hydrogens (tertiary/aromatic N) is 2. The van der Waals surface area contributed by atoms with Crippen LogP contribution in [0.5, 0.6) is 11.5 Å². The lowest BCUT2D eigenvalue weighted by Crippen LogP contribution is -2.40. The zero-order valence-electron chi connectivity index (χ0n) is 16.7. The van der Waals surface area contributed by atoms with Gasteiger partial charge >= 0.3 is 0 Å². The van der Waals surface area contributed by atoms with E-state index < -0.39 is 0 Å². The molecular weight excluding hydrogens is 368 g/mol. The SMILES string of the molecule is COc1ccc(NC(=O)[C@H]2CCN[C@@H](C)C2)cc1OCc1cn2ccccc2n1. The molecule has 2 N–H and O–H groups in total. The molecule has 152 valence electrons. The number of piperidine rings is 1. The molecule has 7 nitrogen and oxygen atoms in total. The summed E-state index contributed by atoms with van der Waals surface area (Å²) >= 11 is 0. The number of carbonyl (C=O) groups is 1. The number of nitrogens with one attached hydrogen (secondary N) is 2. The van der Waals surface area contributed by atoms with E-state index in [9.17, 15) is 4.79 Å². The minimum Gasteiger partial charge on any atom is -0.493 e. The Balaban J connectivity index is 1.45. The topological polar surface area (TPSA) is 76.9 Å². The van der Waals surface area contributed by atoms with Gasteiger partial charge in [-0.15, -0.1) is 0 Å².